The molecule has 1 aromatic carbocycles. The third-order valence-electron chi connectivity index (χ3n) is 2.28. The fraction of sp³-hybridized carbons (Fsp3) is 0.385. The summed E-state index contributed by atoms with van der Waals surface area (Å²) in [7, 11) is 0. The Morgan fingerprint density at radius 1 is 1.18 bits per heavy atom. The number of allylic oxidation sites excluding steroid dienone is 2. The van der Waals surface area contributed by atoms with Crippen LogP contribution in [0.2, 0.25) is 0 Å². The van der Waals surface area contributed by atoms with Crippen LogP contribution in [0.5, 0.6) is 0 Å². The van der Waals surface area contributed by atoms with Crippen molar-refractivity contribution in [3.63, 3.8) is 0 Å². The average molecular weight is 263 g/mol. The molecule has 0 fully saturated rings. The van der Waals surface area contributed by atoms with Crippen molar-refractivity contribution in [3.05, 3.63) is 48.0 Å². The number of benzene rings is 1. The predicted molar refractivity (Wildman–Crippen MR) is 64.2 cm³/mol. The van der Waals surface area contributed by atoms with Crippen LogP contribution < -0.4 is 0 Å². The van der Waals surface area contributed by atoms with Gasteiger partial charge in [0.25, 0.3) is 0 Å². The van der Waals surface area contributed by atoms with Crippen molar-refractivity contribution >= 4 is 11.6 Å². The number of hydrogen-bond acceptors (Lipinski definition) is 0. The van der Waals surface area contributed by atoms with Crippen molar-refractivity contribution in [1.29, 1.82) is 0 Å². The van der Waals surface area contributed by atoms with E-state index < -0.39 is 11.6 Å². The van der Waals surface area contributed by atoms with Crippen LogP contribution in [0.1, 0.15) is 18.4 Å². The Morgan fingerprint density at radius 3 is 2.41 bits per heavy atom. The number of aryl methyl sites for hydroxylation is 1. The molecule has 0 saturated heterocycles. The standard InChI is InChI=1S/C13H14ClF3/c14-12(9-10-13(15,16)17)8-4-7-11-5-2-1-3-6-11/h1-3,5-6,9-10,12H,4,7-8H2/b10-9+. The topological polar surface area (TPSA) is 0 Å². The van der Waals surface area contributed by atoms with E-state index in [2.05, 4.69) is 0 Å². The molecule has 0 nitrogen and oxygen atoms in total. The number of halogens is 4. The second kappa shape index (κ2) is 6.70. The minimum atomic E-state index is -4.27. The van der Waals surface area contributed by atoms with Gasteiger partial charge in [-0.2, -0.15) is 13.2 Å². The van der Waals surface area contributed by atoms with E-state index in [0.717, 1.165) is 18.9 Å². The SMILES string of the molecule is FC(F)(F)/C=C/C(Cl)CCCc1ccccc1. The zero-order chi connectivity index (χ0) is 12.7. The minimum Gasteiger partial charge on any atom is -0.167 e. The molecule has 0 aromatic heterocycles. The van der Waals surface area contributed by atoms with Crippen LogP contribution in [0.4, 0.5) is 13.2 Å². The average Bonchev–Trinajstić information content (AvgIpc) is 2.27. The Labute approximate surface area is 104 Å². The molecule has 0 amide bonds. The zero-order valence-electron chi connectivity index (χ0n) is 9.25. The molecule has 1 rings (SSSR count). The maximum absolute atomic E-state index is 11.9. The Balaban J connectivity index is 2.25. The predicted octanol–water partition coefficient (Wildman–Crippen LogP) is 4.74. The highest BCUT2D eigenvalue weighted by Gasteiger charge is 2.22. The van der Waals surface area contributed by atoms with Gasteiger partial charge >= 0.3 is 6.18 Å². The van der Waals surface area contributed by atoms with Crippen molar-refractivity contribution < 1.29 is 13.2 Å². The van der Waals surface area contributed by atoms with Crippen molar-refractivity contribution in [2.24, 2.45) is 0 Å². The first-order chi connectivity index (χ1) is 7.97. The van der Waals surface area contributed by atoms with Gasteiger partial charge in [-0.25, -0.2) is 0 Å². The molecule has 0 aliphatic rings. The Morgan fingerprint density at radius 2 is 1.82 bits per heavy atom. The first-order valence-electron chi connectivity index (χ1n) is 5.41. The number of hydrogen-bond donors (Lipinski definition) is 0. The van der Waals surface area contributed by atoms with Crippen molar-refractivity contribution in [2.75, 3.05) is 0 Å². The van der Waals surface area contributed by atoms with E-state index in [0.29, 0.717) is 6.42 Å². The summed E-state index contributed by atoms with van der Waals surface area (Å²) in [5.74, 6) is 0. The smallest absolute Gasteiger partial charge is 0.167 e. The fourth-order valence-electron chi connectivity index (χ4n) is 1.46. The lowest BCUT2D eigenvalue weighted by Gasteiger charge is -2.05. The normalized spacial score (nSPS) is 14.1. The second-order valence-electron chi connectivity index (χ2n) is 3.79. The molecule has 94 valence electrons. The van der Waals surface area contributed by atoms with Crippen LogP contribution in [0.3, 0.4) is 0 Å². The van der Waals surface area contributed by atoms with Gasteiger partial charge in [-0.1, -0.05) is 36.4 Å². The summed E-state index contributed by atoms with van der Waals surface area (Å²) in [5, 5.41) is -0.555. The highest BCUT2D eigenvalue weighted by Crippen LogP contribution is 2.19. The van der Waals surface area contributed by atoms with Crippen molar-refractivity contribution in [1.82, 2.24) is 0 Å². The Kier molecular flexibility index (Phi) is 5.56. The van der Waals surface area contributed by atoms with E-state index in [1.165, 1.54) is 5.56 Å². The van der Waals surface area contributed by atoms with Gasteiger partial charge in [0.1, 0.15) is 0 Å². The Hall–Kier alpha value is -0.960. The van der Waals surface area contributed by atoms with Crippen LogP contribution >= 0.6 is 11.6 Å². The van der Waals surface area contributed by atoms with Gasteiger partial charge in [-0.15, -0.1) is 11.6 Å². The van der Waals surface area contributed by atoms with Gasteiger partial charge in [0.15, 0.2) is 0 Å². The molecule has 1 unspecified atom stereocenters. The molecular formula is C13H14ClF3. The van der Waals surface area contributed by atoms with Gasteiger partial charge in [0.05, 0.1) is 5.38 Å². The van der Waals surface area contributed by atoms with E-state index >= 15 is 0 Å². The summed E-state index contributed by atoms with van der Waals surface area (Å²) < 4.78 is 35.6. The summed E-state index contributed by atoms with van der Waals surface area (Å²) in [6.07, 6.45) is -0.903. The van der Waals surface area contributed by atoms with Crippen LogP contribution in [-0.2, 0) is 6.42 Å². The fourth-order valence-corrected chi connectivity index (χ4v) is 1.68. The Bertz CT molecular complexity index is 343. The summed E-state index contributed by atoms with van der Waals surface area (Å²) in [5.41, 5.74) is 1.18. The van der Waals surface area contributed by atoms with E-state index in [1.807, 2.05) is 30.3 Å². The van der Waals surface area contributed by atoms with E-state index in [9.17, 15) is 13.2 Å². The number of rotatable bonds is 5. The van der Waals surface area contributed by atoms with Crippen molar-refractivity contribution in [3.8, 4) is 0 Å². The maximum atomic E-state index is 11.9. The van der Waals surface area contributed by atoms with Gasteiger partial charge in [-0.05, 0) is 24.8 Å². The first kappa shape index (κ1) is 14.1. The van der Waals surface area contributed by atoms with E-state index in [4.69, 9.17) is 11.6 Å². The highest BCUT2D eigenvalue weighted by atomic mass is 35.5. The lowest BCUT2D eigenvalue weighted by atomic mass is 10.1. The second-order valence-corrected chi connectivity index (χ2v) is 4.36. The largest absolute Gasteiger partial charge is 0.409 e. The summed E-state index contributed by atoms with van der Waals surface area (Å²) in [6.45, 7) is 0. The highest BCUT2D eigenvalue weighted by molar-refractivity contribution is 6.21. The number of alkyl halides is 4. The van der Waals surface area contributed by atoms with E-state index in [-0.39, 0.29) is 6.08 Å². The molecule has 0 spiro atoms. The van der Waals surface area contributed by atoms with Crippen molar-refractivity contribution in [2.45, 2.75) is 30.8 Å². The molecule has 0 aliphatic heterocycles. The molecule has 17 heavy (non-hydrogen) atoms. The monoisotopic (exact) mass is 262 g/mol. The molecule has 0 aliphatic carbocycles. The van der Waals surface area contributed by atoms with Crippen LogP contribution in [0, 0.1) is 0 Å². The third kappa shape index (κ3) is 7.05. The lowest BCUT2D eigenvalue weighted by molar-refractivity contribution is -0.0800. The molecule has 0 saturated carbocycles. The molecule has 4 heteroatoms. The molecular weight excluding hydrogens is 249 g/mol. The maximum Gasteiger partial charge on any atom is 0.409 e. The van der Waals surface area contributed by atoms with Crippen LogP contribution in [0.15, 0.2) is 42.5 Å². The molecule has 0 N–H and O–H groups in total. The van der Waals surface area contributed by atoms with E-state index in [1.54, 1.807) is 0 Å². The van der Waals surface area contributed by atoms with Crippen LogP contribution in [0.25, 0.3) is 0 Å². The molecule has 1 atom stereocenters. The van der Waals surface area contributed by atoms with Gasteiger partial charge in [0.2, 0.25) is 0 Å². The molecule has 0 radical (unpaired) electrons. The summed E-state index contributed by atoms with van der Waals surface area (Å²) in [6, 6.07) is 9.80. The van der Waals surface area contributed by atoms with Gasteiger partial charge < -0.3 is 0 Å². The molecule has 1 aromatic rings. The molecule has 0 heterocycles. The van der Waals surface area contributed by atoms with Crippen LogP contribution in [-0.4, -0.2) is 11.6 Å². The third-order valence-corrected chi connectivity index (χ3v) is 2.65. The summed E-state index contributed by atoms with van der Waals surface area (Å²) >= 11 is 5.77. The molecule has 0 bridgehead atoms. The first-order valence-corrected chi connectivity index (χ1v) is 5.85. The van der Waals surface area contributed by atoms with Gasteiger partial charge in [-0.3, -0.25) is 0 Å². The minimum absolute atomic E-state index is 0.202. The quantitative estimate of drug-likeness (QED) is 0.531. The zero-order valence-corrected chi connectivity index (χ0v) is 10.0. The van der Waals surface area contributed by atoms with Gasteiger partial charge in [0, 0.05) is 6.08 Å². The summed E-state index contributed by atoms with van der Waals surface area (Å²) in [4.78, 5) is 0. The lowest BCUT2D eigenvalue weighted by Crippen LogP contribution is -2.03.